The number of hydrogen-bond acceptors (Lipinski definition) is 4. The lowest BCUT2D eigenvalue weighted by molar-refractivity contribution is -0.114. The molecule has 3 N–H and O–H groups in total. The first-order valence-corrected chi connectivity index (χ1v) is 13.6. The maximum Gasteiger partial charge on any atom is 0.272 e. The van der Waals surface area contributed by atoms with Crippen LogP contribution < -0.4 is 16.0 Å². The van der Waals surface area contributed by atoms with Crippen LogP contribution in [-0.4, -0.2) is 23.5 Å². The van der Waals surface area contributed by atoms with Gasteiger partial charge in [-0.15, -0.1) is 11.8 Å². The third-order valence-corrected chi connectivity index (χ3v) is 6.79. The van der Waals surface area contributed by atoms with Crippen molar-refractivity contribution in [1.29, 1.82) is 0 Å². The lowest BCUT2D eigenvalue weighted by atomic mass is 10.1. The van der Waals surface area contributed by atoms with E-state index in [2.05, 4.69) is 31.9 Å². The molecule has 0 spiro atoms. The maximum atomic E-state index is 13.8. The van der Waals surface area contributed by atoms with Gasteiger partial charge in [-0.3, -0.25) is 14.4 Å². The van der Waals surface area contributed by atoms with E-state index in [1.807, 2.05) is 24.3 Å². The number of halogens is 2. The monoisotopic (exact) mass is 603 g/mol. The molecule has 4 rings (SSSR count). The molecular weight excluding hydrogens is 581 g/mol. The van der Waals surface area contributed by atoms with Gasteiger partial charge in [0.15, 0.2) is 0 Å². The van der Waals surface area contributed by atoms with Gasteiger partial charge in [-0.2, -0.15) is 0 Å². The van der Waals surface area contributed by atoms with Crippen molar-refractivity contribution < 1.29 is 18.8 Å². The molecule has 4 aromatic carbocycles. The van der Waals surface area contributed by atoms with Gasteiger partial charge in [-0.25, -0.2) is 4.39 Å². The number of anilines is 2. The SMILES string of the molecule is O=C(CSc1cccc(NC(=O)/C(=C\c2cccc(Br)c2)NC(=O)c2ccccc2)c1)Nc1ccccc1F. The van der Waals surface area contributed by atoms with Crippen LogP contribution in [0.3, 0.4) is 0 Å². The standard InChI is InChI=1S/C30H23BrFN3O3S/c31-22-11-6-8-20(16-22)17-27(35-29(37)21-9-2-1-3-10-21)30(38)33-23-12-7-13-24(18-23)39-19-28(36)34-26-15-5-4-14-25(26)32/h1-18H,19H2,(H,33,38)(H,34,36)(H,35,37)/b27-17+. The summed E-state index contributed by atoms with van der Waals surface area (Å²) in [6, 6.07) is 28.8. The Hall–Kier alpha value is -4.21. The van der Waals surface area contributed by atoms with Crippen LogP contribution >= 0.6 is 27.7 Å². The summed E-state index contributed by atoms with van der Waals surface area (Å²) in [7, 11) is 0. The molecule has 0 aliphatic rings. The molecule has 0 heterocycles. The molecule has 6 nitrogen and oxygen atoms in total. The van der Waals surface area contributed by atoms with E-state index in [4.69, 9.17) is 0 Å². The van der Waals surface area contributed by atoms with E-state index in [1.165, 1.54) is 23.9 Å². The van der Waals surface area contributed by atoms with Crippen molar-refractivity contribution >= 4 is 62.9 Å². The molecule has 0 aromatic heterocycles. The fraction of sp³-hybridized carbons (Fsp3) is 0.0333. The predicted octanol–water partition coefficient (Wildman–Crippen LogP) is 6.73. The smallest absolute Gasteiger partial charge is 0.272 e. The molecule has 0 radical (unpaired) electrons. The van der Waals surface area contributed by atoms with Gasteiger partial charge in [0.2, 0.25) is 5.91 Å². The van der Waals surface area contributed by atoms with Crippen molar-refractivity contribution in [3.05, 3.63) is 130 Å². The van der Waals surface area contributed by atoms with E-state index in [9.17, 15) is 18.8 Å². The highest BCUT2D eigenvalue weighted by molar-refractivity contribution is 9.10. The minimum atomic E-state index is -0.515. The summed E-state index contributed by atoms with van der Waals surface area (Å²) >= 11 is 4.66. The van der Waals surface area contributed by atoms with Crippen LogP contribution in [0.25, 0.3) is 6.08 Å². The number of thioether (sulfide) groups is 1. The van der Waals surface area contributed by atoms with Gasteiger partial charge >= 0.3 is 0 Å². The second kappa shape index (κ2) is 13.5. The van der Waals surface area contributed by atoms with Gasteiger partial charge in [0, 0.05) is 20.6 Å². The van der Waals surface area contributed by atoms with Gasteiger partial charge < -0.3 is 16.0 Å². The number of hydrogen-bond donors (Lipinski definition) is 3. The zero-order valence-electron chi connectivity index (χ0n) is 20.5. The van der Waals surface area contributed by atoms with Crippen LogP contribution in [0.15, 0.2) is 118 Å². The van der Waals surface area contributed by atoms with E-state index in [0.29, 0.717) is 16.8 Å². The highest BCUT2D eigenvalue weighted by Crippen LogP contribution is 2.23. The highest BCUT2D eigenvalue weighted by atomic mass is 79.9. The fourth-order valence-corrected chi connectivity index (χ4v) is 4.64. The highest BCUT2D eigenvalue weighted by Gasteiger charge is 2.16. The molecular formula is C30H23BrFN3O3S. The second-order valence-electron chi connectivity index (χ2n) is 8.23. The Morgan fingerprint density at radius 2 is 1.56 bits per heavy atom. The van der Waals surface area contributed by atoms with E-state index < -0.39 is 17.6 Å². The Labute approximate surface area is 237 Å². The van der Waals surface area contributed by atoms with Gasteiger partial charge in [0.1, 0.15) is 11.5 Å². The zero-order valence-corrected chi connectivity index (χ0v) is 22.9. The van der Waals surface area contributed by atoms with Crippen molar-refractivity contribution in [1.82, 2.24) is 5.32 Å². The number of para-hydroxylation sites is 1. The molecule has 3 amide bonds. The molecule has 0 saturated carbocycles. The fourth-order valence-electron chi connectivity index (χ4n) is 3.47. The Kier molecular flexibility index (Phi) is 9.66. The molecule has 0 unspecified atom stereocenters. The van der Waals surface area contributed by atoms with Crippen LogP contribution in [-0.2, 0) is 9.59 Å². The summed E-state index contributed by atoms with van der Waals surface area (Å²) in [6.45, 7) is 0. The molecule has 0 saturated heterocycles. The van der Waals surface area contributed by atoms with E-state index >= 15 is 0 Å². The Bertz CT molecular complexity index is 1530. The average molecular weight is 605 g/mol. The molecule has 0 bridgehead atoms. The molecule has 39 heavy (non-hydrogen) atoms. The van der Waals surface area contributed by atoms with Crippen LogP contribution in [0.4, 0.5) is 15.8 Å². The van der Waals surface area contributed by atoms with Gasteiger partial charge in [-0.1, -0.05) is 64.5 Å². The van der Waals surface area contributed by atoms with E-state index in [1.54, 1.807) is 72.8 Å². The van der Waals surface area contributed by atoms with Crippen molar-refractivity contribution in [2.75, 3.05) is 16.4 Å². The summed E-state index contributed by atoms with van der Waals surface area (Å²) in [5.74, 6) is -1.75. The first kappa shape index (κ1) is 27.8. The number of benzene rings is 4. The summed E-state index contributed by atoms with van der Waals surface area (Å²) in [6.07, 6.45) is 1.59. The van der Waals surface area contributed by atoms with Crippen LogP contribution in [0.2, 0.25) is 0 Å². The molecule has 0 aliphatic heterocycles. The van der Waals surface area contributed by atoms with Crippen molar-refractivity contribution in [3.8, 4) is 0 Å². The lowest BCUT2D eigenvalue weighted by Gasteiger charge is -2.12. The number of amides is 3. The van der Waals surface area contributed by atoms with Crippen LogP contribution in [0.1, 0.15) is 15.9 Å². The van der Waals surface area contributed by atoms with Gasteiger partial charge in [0.05, 0.1) is 11.4 Å². The number of carbonyl (C=O) groups is 3. The Morgan fingerprint density at radius 3 is 2.33 bits per heavy atom. The lowest BCUT2D eigenvalue weighted by Crippen LogP contribution is -2.30. The predicted molar refractivity (Wildman–Crippen MR) is 157 cm³/mol. The number of carbonyl (C=O) groups excluding carboxylic acids is 3. The minimum absolute atomic E-state index is 0.0485. The molecule has 0 fully saturated rings. The van der Waals surface area contributed by atoms with E-state index in [-0.39, 0.29) is 23.0 Å². The second-order valence-corrected chi connectivity index (χ2v) is 10.2. The van der Waals surface area contributed by atoms with Crippen molar-refractivity contribution in [2.24, 2.45) is 0 Å². The average Bonchev–Trinajstić information content (AvgIpc) is 2.93. The maximum absolute atomic E-state index is 13.8. The Balaban J connectivity index is 1.46. The third kappa shape index (κ3) is 8.39. The van der Waals surface area contributed by atoms with Gasteiger partial charge in [0.25, 0.3) is 11.8 Å². The molecule has 0 atom stereocenters. The van der Waals surface area contributed by atoms with E-state index in [0.717, 1.165) is 9.37 Å². The van der Waals surface area contributed by atoms with Crippen LogP contribution in [0.5, 0.6) is 0 Å². The summed E-state index contributed by atoms with van der Waals surface area (Å²) in [5, 5.41) is 8.07. The summed E-state index contributed by atoms with van der Waals surface area (Å²) in [5.41, 5.74) is 1.79. The molecule has 196 valence electrons. The normalized spacial score (nSPS) is 11.0. The number of nitrogens with one attached hydrogen (secondary N) is 3. The van der Waals surface area contributed by atoms with Crippen LogP contribution in [0, 0.1) is 5.82 Å². The van der Waals surface area contributed by atoms with Crippen molar-refractivity contribution in [2.45, 2.75) is 4.90 Å². The molecule has 0 aliphatic carbocycles. The summed E-state index contributed by atoms with van der Waals surface area (Å²) in [4.78, 5) is 39.1. The molecule has 9 heteroatoms. The quantitative estimate of drug-likeness (QED) is 0.146. The first-order chi connectivity index (χ1) is 18.9. The zero-order chi connectivity index (χ0) is 27.6. The Morgan fingerprint density at radius 1 is 0.821 bits per heavy atom. The van der Waals surface area contributed by atoms with Crippen molar-refractivity contribution in [3.63, 3.8) is 0 Å². The topological polar surface area (TPSA) is 87.3 Å². The largest absolute Gasteiger partial charge is 0.323 e. The summed E-state index contributed by atoms with van der Waals surface area (Å²) < 4.78 is 14.6. The minimum Gasteiger partial charge on any atom is -0.323 e. The number of rotatable bonds is 9. The third-order valence-electron chi connectivity index (χ3n) is 5.30. The first-order valence-electron chi connectivity index (χ1n) is 11.8. The van der Waals surface area contributed by atoms with Gasteiger partial charge in [-0.05, 0) is 66.2 Å². The molecule has 4 aromatic rings.